The molecule has 0 bridgehead atoms. The highest BCUT2D eigenvalue weighted by Gasteiger charge is 2.45. The Bertz CT molecular complexity index is 757. The zero-order valence-corrected chi connectivity index (χ0v) is 15.2. The van der Waals surface area contributed by atoms with Gasteiger partial charge >= 0.3 is 0 Å². The Labute approximate surface area is 157 Å². The van der Waals surface area contributed by atoms with Gasteiger partial charge in [0.05, 0.1) is 12.2 Å². The van der Waals surface area contributed by atoms with Crippen molar-refractivity contribution in [1.29, 1.82) is 5.26 Å². The molecule has 1 aliphatic heterocycles. The molecule has 0 unspecified atom stereocenters. The lowest BCUT2D eigenvalue weighted by atomic mass is 9.94. The van der Waals surface area contributed by atoms with Crippen LogP contribution in [0.25, 0.3) is 0 Å². The molecule has 4 N–H and O–H groups in total. The highest BCUT2D eigenvalue weighted by atomic mass is 32.1. The van der Waals surface area contributed by atoms with Crippen LogP contribution in [0.4, 0.5) is 0 Å². The lowest BCUT2D eigenvalue weighted by Gasteiger charge is -2.42. The van der Waals surface area contributed by atoms with Crippen LogP contribution in [0.1, 0.15) is 48.7 Å². The summed E-state index contributed by atoms with van der Waals surface area (Å²) in [6.45, 7) is -0.505. The van der Waals surface area contributed by atoms with E-state index < -0.39 is 37.3 Å². The van der Waals surface area contributed by atoms with Crippen molar-refractivity contribution in [3.8, 4) is 6.07 Å². The lowest BCUT2D eigenvalue weighted by Crippen LogP contribution is -2.56. The van der Waals surface area contributed by atoms with Gasteiger partial charge in [0.25, 0.3) is 0 Å². The molecule has 3 rings (SSSR count). The van der Waals surface area contributed by atoms with Crippen molar-refractivity contribution in [1.82, 2.24) is 4.57 Å². The van der Waals surface area contributed by atoms with E-state index >= 15 is 0 Å². The number of aliphatic hydroxyl groups excluding tert-OH is 4. The van der Waals surface area contributed by atoms with Crippen molar-refractivity contribution in [2.45, 2.75) is 69.2 Å². The van der Waals surface area contributed by atoms with Gasteiger partial charge in [-0.2, -0.15) is 5.26 Å². The number of pyridine rings is 1. The fourth-order valence-electron chi connectivity index (χ4n) is 3.83. The molecule has 2 heterocycles. The Morgan fingerprint density at radius 2 is 1.81 bits per heavy atom. The molecule has 1 saturated heterocycles. The van der Waals surface area contributed by atoms with E-state index in [1.54, 1.807) is 4.57 Å². The van der Waals surface area contributed by atoms with Crippen LogP contribution in [0.2, 0.25) is 0 Å². The summed E-state index contributed by atoms with van der Waals surface area (Å²) < 4.78 is 7.55. The maximum absolute atomic E-state index is 10.5. The number of aryl methyl sites for hydroxylation is 1. The van der Waals surface area contributed by atoms with Crippen molar-refractivity contribution in [3.63, 3.8) is 0 Å². The van der Waals surface area contributed by atoms with Crippen molar-refractivity contribution in [3.05, 3.63) is 27.5 Å². The standard InChI is InChI=1S/C18H24N2O5S/c19-8-11-7-10-5-3-1-2-4-6-12(10)20(18(11)26)17-16(24)15(23)14(22)13(9-21)25-17/h7,13-17,21-24H,1-6,9H2/t13-,14+,15+,16-,17-/m0/s1. The van der Waals surface area contributed by atoms with E-state index in [1.807, 2.05) is 6.07 Å². The predicted octanol–water partition coefficient (Wildman–Crippen LogP) is 0.721. The first-order valence-electron chi connectivity index (χ1n) is 8.97. The van der Waals surface area contributed by atoms with Crippen LogP contribution in [-0.4, -0.2) is 56.0 Å². The fourth-order valence-corrected chi connectivity index (χ4v) is 4.15. The number of hydrogen-bond acceptors (Lipinski definition) is 7. The Hall–Kier alpha value is -1.34. The molecule has 1 aliphatic carbocycles. The topological polar surface area (TPSA) is 119 Å². The van der Waals surface area contributed by atoms with Crippen LogP contribution in [-0.2, 0) is 17.6 Å². The van der Waals surface area contributed by atoms with Gasteiger partial charge in [0, 0.05) is 5.69 Å². The number of aliphatic hydroxyl groups is 4. The molecule has 0 spiro atoms. The normalized spacial score (nSPS) is 32.2. The molecular formula is C18H24N2O5S. The van der Waals surface area contributed by atoms with Gasteiger partial charge in [0.15, 0.2) is 6.23 Å². The number of rotatable bonds is 2. The second kappa shape index (κ2) is 8.13. The molecule has 1 fully saturated rings. The van der Waals surface area contributed by atoms with Crippen LogP contribution in [0.15, 0.2) is 6.07 Å². The van der Waals surface area contributed by atoms with E-state index in [0.29, 0.717) is 5.56 Å². The Kier molecular flexibility index (Phi) is 6.07. The summed E-state index contributed by atoms with van der Waals surface area (Å²) in [4.78, 5) is 0. The molecular weight excluding hydrogens is 356 g/mol. The number of hydrogen-bond donors (Lipinski definition) is 4. The van der Waals surface area contributed by atoms with Gasteiger partial charge < -0.3 is 29.7 Å². The lowest BCUT2D eigenvalue weighted by molar-refractivity contribution is -0.252. The monoisotopic (exact) mass is 380 g/mol. The van der Waals surface area contributed by atoms with E-state index in [9.17, 15) is 25.7 Å². The number of aromatic nitrogens is 1. The van der Waals surface area contributed by atoms with Gasteiger partial charge in [-0.25, -0.2) is 0 Å². The Balaban J connectivity index is 2.15. The third-order valence-electron chi connectivity index (χ3n) is 5.28. The quantitative estimate of drug-likeness (QED) is 0.558. The first-order chi connectivity index (χ1) is 12.5. The van der Waals surface area contributed by atoms with Crippen LogP contribution >= 0.6 is 12.2 Å². The van der Waals surface area contributed by atoms with E-state index in [0.717, 1.165) is 49.8 Å². The minimum Gasteiger partial charge on any atom is -0.394 e. The number of nitrogens with zero attached hydrogens (tertiary/aromatic N) is 2. The molecule has 5 atom stereocenters. The third-order valence-corrected chi connectivity index (χ3v) is 5.70. The van der Waals surface area contributed by atoms with Gasteiger partial charge in [-0.05, 0) is 37.3 Å². The summed E-state index contributed by atoms with van der Waals surface area (Å²) in [5, 5.41) is 49.6. The molecule has 0 aromatic carbocycles. The van der Waals surface area contributed by atoms with E-state index in [4.69, 9.17) is 17.0 Å². The number of nitriles is 1. The van der Waals surface area contributed by atoms with Crippen LogP contribution < -0.4 is 0 Å². The zero-order chi connectivity index (χ0) is 18.8. The van der Waals surface area contributed by atoms with Crippen molar-refractivity contribution in [2.75, 3.05) is 6.61 Å². The van der Waals surface area contributed by atoms with Crippen molar-refractivity contribution in [2.24, 2.45) is 0 Å². The molecule has 26 heavy (non-hydrogen) atoms. The summed E-state index contributed by atoms with van der Waals surface area (Å²) in [5.74, 6) is 0. The minimum atomic E-state index is -1.48. The summed E-state index contributed by atoms with van der Waals surface area (Å²) in [6, 6.07) is 3.91. The van der Waals surface area contributed by atoms with Gasteiger partial charge in [0.1, 0.15) is 35.1 Å². The first-order valence-corrected chi connectivity index (χ1v) is 9.38. The Morgan fingerprint density at radius 3 is 2.46 bits per heavy atom. The van der Waals surface area contributed by atoms with E-state index in [-0.39, 0.29) is 4.64 Å². The molecule has 1 aromatic rings. The maximum atomic E-state index is 10.5. The summed E-state index contributed by atoms with van der Waals surface area (Å²) in [5.41, 5.74) is 2.20. The van der Waals surface area contributed by atoms with E-state index in [1.165, 1.54) is 0 Å². The predicted molar refractivity (Wildman–Crippen MR) is 94.9 cm³/mol. The third kappa shape index (κ3) is 3.43. The highest BCUT2D eigenvalue weighted by Crippen LogP contribution is 2.33. The second-order valence-electron chi connectivity index (χ2n) is 6.95. The first kappa shape index (κ1) is 19.4. The number of ether oxygens (including phenoxy) is 1. The molecule has 0 radical (unpaired) electrons. The summed E-state index contributed by atoms with van der Waals surface area (Å²) in [6.07, 6.45) is -0.745. The van der Waals surface area contributed by atoms with Crippen molar-refractivity contribution >= 4 is 12.2 Å². The molecule has 2 aliphatic rings. The molecule has 142 valence electrons. The summed E-state index contributed by atoms with van der Waals surface area (Å²) >= 11 is 5.47. The van der Waals surface area contributed by atoms with Crippen molar-refractivity contribution < 1.29 is 25.2 Å². The fraction of sp³-hybridized carbons (Fsp3) is 0.667. The van der Waals surface area contributed by atoms with Crippen LogP contribution in [0.5, 0.6) is 0 Å². The minimum absolute atomic E-state index is 0.233. The van der Waals surface area contributed by atoms with Crippen LogP contribution in [0, 0.1) is 16.0 Å². The average Bonchev–Trinajstić information content (AvgIpc) is 2.62. The zero-order valence-electron chi connectivity index (χ0n) is 14.4. The Morgan fingerprint density at radius 1 is 1.12 bits per heavy atom. The summed E-state index contributed by atoms with van der Waals surface area (Å²) in [7, 11) is 0. The van der Waals surface area contributed by atoms with Gasteiger partial charge in [-0.3, -0.25) is 0 Å². The largest absolute Gasteiger partial charge is 0.394 e. The number of fused-ring (bicyclic) bond motifs is 1. The SMILES string of the molecule is N#Cc1cc2c(n([C@H]3O[C@@H](CO)[C@@H](O)[C@@H](O)[C@@H]3O)c1=S)CCCCCC2. The maximum Gasteiger partial charge on any atom is 0.164 e. The van der Waals surface area contributed by atoms with Gasteiger partial charge in [-0.15, -0.1) is 0 Å². The van der Waals surface area contributed by atoms with Gasteiger partial charge in [0.2, 0.25) is 0 Å². The molecule has 0 saturated carbocycles. The molecule has 8 heteroatoms. The molecule has 0 amide bonds. The molecule has 7 nitrogen and oxygen atoms in total. The van der Waals surface area contributed by atoms with Gasteiger partial charge in [-0.1, -0.05) is 25.1 Å². The van der Waals surface area contributed by atoms with E-state index in [2.05, 4.69) is 6.07 Å². The second-order valence-corrected chi connectivity index (χ2v) is 7.34. The van der Waals surface area contributed by atoms with Crippen LogP contribution in [0.3, 0.4) is 0 Å². The highest BCUT2D eigenvalue weighted by molar-refractivity contribution is 7.71. The smallest absolute Gasteiger partial charge is 0.164 e. The molecule has 1 aromatic heterocycles. The average molecular weight is 380 g/mol.